The number of hydrogen-bond acceptors (Lipinski definition) is 3. The first-order valence-electron chi connectivity index (χ1n) is 6.64. The van der Waals surface area contributed by atoms with Crippen LogP contribution in [0.25, 0.3) is 0 Å². The van der Waals surface area contributed by atoms with E-state index in [0.717, 1.165) is 6.42 Å². The zero-order valence-electron chi connectivity index (χ0n) is 11.2. The van der Waals surface area contributed by atoms with Gasteiger partial charge in [-0.25, -0.2) is 4.98 Å². The van der Waals surface area contributed by atoms with Crippen LogP contribution in [0.2, 0.25) is 0 Å². The van der Waals surface area contributed by atoms with Gasteiger partial charge >= 0.3 is 0 Å². The van der Waals surface area contributed by atoms with Crippen molar-refractivity contribution in [1.82, 2.24) is 10.3 Å². The van der Waals surface area contributed by atoms with Gasteiger partial charge < -0.3 is 10.1 Å². The molecule has 20 heavy (non-hydrogen) atoms. The SMILES string of the molecule is COc1ccc(C(=O)NC2CC2c2ccccc2)cn1. The number of methoxy groups -OCH3 is 1. The van der Waals surface area contributed by atoms with Crippen LogP contribution in [0.5, 0.6) is 5.88 Å². The summed E-state index contributed by atoms with van der Waals surface area (Å²) in [6.45, 7) is 0. The lowest BCUT2D eigenvalue weighted by molar-refractivity contribution is 0.0950. The molecule has 2 atom stereocenters. The molecule has 2 aromatic rings. The first-order chi connectivity index (χ1) is 9.78. The van der Waals surface area contributed by atoms with E-state index < -0.39 is 0 Å². The predicted molar refractivity (Wildman–Crippen MR) is 75.8 cm³/mol. The number of carbonyl (C=O) groups is 1. The molecule has 1 heterocycles. The molecule has 0 aliphatic heterocycles. The van der Waals surface area contributed by atoms with Gasteiger partial charge in [-0.15, -0.1) is 0 Å². The average molecular weight is 268 g/mol. The van der Waals surface area contributed by atoms with Crippen LogP contribution in [-0.2, 0) is 0 Å². The van der Waals surface area contributed by atoms with E-state index >= 15 is 0 Å². The summed E-state index contributed by atoms with van der Waals surface area (Å²) < 4.78 is 4.97. The summed E-state index contributed by atoms with van der Waals surface area (Å²) in [7, 11) is 1.55. The highest BCUT2D eigenvalue weighted by Gasteiger charge is 2.39. The van der Waals surface area contributed by atoms with Crippen LogP contribution in [0.3, 0.4) is 0 Å². The van der Waals surface area contributed by atoms with Crippen molar-refractivity contribution in [3.63, 3.8) is 0 Å². The second-order valence-electron chi connectivity index (χ2n) is 4.92. The summed E-state index contributed by atoms with van der Waals surface area (Å²) in [5.74, 6) is 0.866. The van der Waals surface area contributed by atoms with Gasteiger partial charge in [0, 0.05) is 24.2 Å². The summed E-state index contributed by atoms with van der Waals surface area (Å²) in [6.07, 6.45) is 2.54. The summed E-state index contributed by atoms with van der Waals surface area (Å²) >= 11 is 0. The van der Waals surface area contributed by atoms with E-state index in [4.69, 9.17) is 4.74 Å². The van der Waals surface area contributed by atoms with Crippen molar-refractivity contribution in [3.8, 4) is 5.88 Å². The topological polar surface area (TPSA) is 51.2 Å². The Kier molecular flexibility index (Phi) is 3.37. The van der Waals surface area contributed by atoms with Crippen molar-refractivity contribution < 1.29 is 9.53 Å². The molecule has 0 saturated heterocycles. The number of nitrogens with one attached hydrogen (secondary N) is 1. The fraction of sp³-hybridized carbons (Fsp3) is 0.250. The molecule has 1 fully saturated rings. The van der Waals surface area contributed by atoms with Gasteiger partial charge in [-0.1, -0.05) is 30.3 Å². The van der Waals surface area contributed by atoms with Gasteiger partial charge in [0.05, 0.1) is 12.7 Å². The van der Waals surface area contributed by atoms with Crippen molar-refractivity contribution in [1.29, 1.82) is 0 Å². The first-order valence-corrected chi connectivity index (χ1v) is 6.64. The van der Waals surface area contributed by atoms with E-state index in [0.29, 0.717) is 17.4 Å². The van der Waals surface area contributed by atoms with Crippen LogP contribution < -0.4 is 10.1 Å². The average Bonchev–Trinajstić information content (AvgIpc) is 3.27. The van der Waals surface area contributed by atoms with Crippen molar-refractivity contribution in [2.24, 2.45) is 0 Å². The molecule has 2 unspecified atom stereocenters. The molecule has 1 saturated carbocycles. The summed E-state index contributed by atoms with van der Waals surface area (Å²) in [5, 5.41) is 3.04. The van der Waals surface area contributed by atoms with Gasteiger partial charge in [0.15, 0.2) is 0 Å². The van der Waals surface area contributed by atoms with E-state index in [-0.39, 0.29) is 11.9 Å². The highest BCUT2D eigenvalue weighted by atomic mass is 16.5. The quantitative estimate of drug-likeness (QED) is 0.926. The molecular formula is C16H16N2O2. The molecular weight excluding hydrogens is 252 g/mol. The number of benzene rings is 1. The van der Waals surface area contributed by atoms with Gasteiger partial charge in [0.2, 0.25) is 5.88 Å². The minimum Gasteiger partial charge on any atom is -0.481 e. The summed E-state index contributed by atoms with van der Waals surface area (Å²) in [6, 6.07) is 13.9. The van der Waals surface area contributed by atoms with Crippen LogP contribution in [0.4, 0.5) is 0 Å². The van der Waals surface area contributed by atoms with E-state index in [1.165, 1.54) is 11.8 Å². The van der Waals surface area contributed by atoms with Crippen LogP contribution >= 0.6 is 0 Å². The summed E-state index contributed by atoms with van der Waals surface area (Å²) in [4.78, 5) is 16.1. The molecule has 0 radical (unpaired) electrons. The van der Waals surface area contributed by atoms with Gasteiger partial charge in [-0.05, 0) is 18.1 Å². The Morgan fingerprint density at radius 1 is 1.25 bits per heavy atom. The summed E-state index contributed by atoms with van der Waals surface area (Å²) in [5.41, 5.74) is 1.84. The highest BCUT2D eigenvalue weighted by Crippen LogP contribution is 2.40. The van der Waals surface area contributed by atoms with Crippen LogP contribution in [0.1, 0.15) is 28.3 Å². The van der Waals surface area contributed by atoms with Crippen molar-refractivity contribution in [2.45, 2.75) is 18.4 Å². The number of rotatable bonds is 4. The molecule has 102 valence electrons. The molecule has 1 N–H and O–H groups in total. The van der Waals surface area contributed by atoms with E-state index in [9.17, 15) is 4.79 Å². The Hall–Kier alpha value is -2.36. The van der Waals surface area contributed by atoms with Gasteiger partial charge in [-0.2, -0.15) is 0 Å². The lowest BCUT2D eigenvalue weighted by Crippen LogP contribution is -2.26. The third-order valence-corrected chi connectivity index (χ3v) is 3.54. The second-order valence-corrected chi connectivity index (χ2v) is 4.92. The van der Waals surface area contributed by atoms with Gasteiger partial charge in [0.1, 0.15) is 0 Å². The number of nitrogens with zero attached hydrogens (tertiary/aromatic N) is 1. The predicted octanol–water partition coefficient (Wildman–Crippen LogP) is 2.38. The van der Waals surface area contributed by atoms with E-state index in [1.54, 1.807) is 19.2 Å². The zero-order valence-corrected chi connectivity index (χ0v) is 11.2. The van der Waals surface area contributed by atoms with Crippen molar-refractivity contribution in [3.05, 3.63) is 59.8 Å². The van der Waals surface area contributed by atoms with Gasteiger partial charge in [-0.3, -0.25) is 4.79 Å². The number of hydrogen-bond donors (Lipinski definition) is 1. The smallest absolute Gasteiger partial charge is 0.253 e. The second kappa shape index (κ2) is 5.33. The lowest BCUT2D eigenvalue weighted by atomic mass is 10.1. The normalized spacial score (nSPS) is 20.2. The Bertz CT molecular complexity index is 596. The Balaban J connectivity index is 1.60. The van der Waals surface area contributed by atoms with Crippen molar-refractivity contribution >= 4 is 5.91 Å². The number of carbonyl (C=O) groups excluding carboxylic acids is 1. The third-order valence-electron chi connectivity index (χ3n) is 3.54. The maximum atomic E-state index is 12.1. The molecule has 1 aromatic carbocycles. The van der Waals surface area contributed by atoms with Crippen LogP contribution in [0.15, 0.2) is 48.7 Å². The molecule has 0 spiro atoms. The fourth-order valence-electron chi connectivity index (χ4n) is 2.31. The molecule has 1 aromatic heterocycles. The van der Waals surface area contributed by atoms with E-state index in [1.807, 2.05) is 18.2 Å². The molecule has 4 heteroatoms. The number of pyridine rings is 1. The van der Waals surface area contributed by atoms with E-state index in [2.05, 4.69) is 22.4 Å². The molecule has 0 bridgehead atoms. The Labute approximate surface area is 117 Å². The van der Waals surface area contributed by atoms with Crippen molar-refractivity contribution in [2.75, 3.05) is 7.11 Å². The lowest BCUT2D eigenvalue weighted by Gasteiger charge is -2.05. The zero-order chi connectivity index (χ0) is 13.9. The molecule has 1 aliphatic carbocycles. The maximum Gasteiger partial charge on any atom is 0.253 e. The monoisotopic (exact) mass is 268 g/mol. The third kappa shape index (κ3) is 2.64. The molecule has 1 amide bonds. The first kappa shape index (κ1) is 12.7. The largest absolute Gasteiger partial charge is 0.481 e. The number of amides is 1. The fourth-order valence-corrected chi connectivity index (χ4v) is 2.31. The Morgan fingerprint density at radius 3 is 2.70 bits per heavy atom. The van der Waals surface area contributed by atoms with Crippen LogP contribution in [0, 0.1) is 0 Å². The van der Waals surface area contributed by atoms with Gasteiger partial charge in [0.25, 0.3) is 5.91 Å². The van der Waals surface area contributed by atoms with Crippen LogP contribution in [-0.4, -0.2) is 24.0 Å². The standard InChI is InChI=1S/C16H16N2O2/c1-20-15-8-7-12(10-17-15)16(19)18-14-9-13(14)11-5-3-2-4-6-11/h2-8,10,13-14H,9H2,1H3,(H,18,19). The maximum absolute atomic E-state index is 12.1. The molecule has 3 rings (SSSR count). The Morgan fingerprint density at radius 2 is 2.05 bits per heavy atom. The highest BCUT2D eigenvalue weighted by molar-refractivity contribution is 5.94. The number of aromatic nitrogens is 1. The minimum atomic E-state index is -0.0800. The minimum absolute atomic E-state index is 0.0800. The number of ether oxygens (including phenoxy) is 1. The molecule has 4 nitrogen and oxygen atoms in total. The molecule has 1 aliphatic rings.